The van der Waals surface area contributed by atoms with Gasteiger partial charge in [0, 0.05) is 24.0 Å². The molecule has 2 heterocycles. The maximum atomic E-state index is 13.1. The first-order valence-electron chi connectivity index (χ1n) is 9.62. The number of halogens is 1. The fourth-order valence-corrected chi connectivity index (χ4v) is 4.14. The van der Waals surface area contributed by atoms with Crippen molar-refractivity contribution in [2.24, 2.45) is 0 Å². The molecule has 0 saturated heterocycles. The van der Waals surface area contributed by atoms with Crippen LogP contribution in [0.5, 0.6) is 0 Å². The van der Waals surface area contributed by atoms with E-state index in [1.807, 2.05) is 42.5 Å². The number of carbonyl (C=O) groups is 1. The fraction of sp³-hybridized carbons (Fsp3) is 0.130. The maximum Gasteiger partial charge on any atom is 0.262 e. The Morgan fingerprint density at radius 1 is 1.06 bits per heavy atom. The highest BCUT2D eigenvalue weighted by molar-refractivity contribution is 7.99. The lowest BCUT2D eigenvalue weighted by atomic mass is 10.2. The van der Waals surface area contributed by atoms with E-state index < -0.39 is 0 Å². The van der Waals surface area contributed by atoms with Crippen LogP contribution in [0, 0.1) is 0 Å². The van der Waals surface area contributed by atoms with Crippen molar-refractivity contribution in [2.75, 3.05) is 5.75 Å². The van der Waals surface area contributed by atoms with Crippen molar-refractivity contribution in [2.45, 2.75) is 18.2 Å². The van der Waals surface area contributed by atoms with Crippen LogP contribution in [0.25, 0.3) is 10.9 Å². The first kappa shape index (κ1) is 21.1. The van der Waals surface area contributed by atoms with E-state index in [0.717, 1.165) is 11.1 Å². The minimum atomic E-state index is -0.152. The predicted molar refractivity (Wildman–Crippen MR) is 123 cm³/mol. The Hall–Kier alpha value is -3.16. The number of benzene rings is 2. The number of hydrogen-bond acceptors (Lipinski definition) is 5. The first-order valence-corrected chi connectivity index (χ1v) is 11.0. The summed E-state index contributed by atoms with van der Waals surface area (Å²) in [5.41, 5.74) is 2.27. The van der Waals surface area contributed by atoms with Crippen LogP contribution in [-0.2, 0) is 17.9 Å². The Bertz CT molecular complexity index is 1280. The monoisotopic (exact) mass is 450 g/mol. The van der Waals surface area contributed by atoms with Gasteiger partial charge in [-0.1, -0.05) is 53.7 Å². The van der Waals surface area contributed by atoms with Gasteiger partial charge in [-0.25, -0.2) is 4.98 Å². The Kier molecular flexibility index (Phi) is 6.64. The smallest absolute Gasteiger partial charge is 0.262 e. The van der Waals surface area contributed by atoms with Crippen LogP contribution in [0.4, 0.5) is 0 Å². The topological polar surface area (TPSA) is 76.9 Å². The molecule has 0 aliphatic heterocycles. The van der Waals surface area contributed by atoms with Crippen LogP contribution in [0.3, 0.4) is 0 Å². The molecule has 156 valence electrons. The van der Waals surface area contributed by atoms with Crippen molar-refractivity contribution in [1.82, 2.24) is 19.9 Å². The number of nitrogens with one attached hydrogen (secondary N) is 1. The summed E-state index contributed by atoms with van der Waals surface area (Å²) in [5, 5.41) is 4.53. The van der Waals surface area contributed by atoms with E-state index in [1.165, 1.54) is 11.8 Å². The van der Waals surface area contributed by atoms with E-state index in [-0.39, 0.29) is 17.2 Å². The molecule has 0 unspecified atom stereocenters. The van der Waals surface area contributed by atoms with E-state index in [0.29, 0.717) is 34.2 Å². The van der Waals surface area contributed by atoms with Gasteiger partial charge >= 0.3 is 0 Å². The van der Waals surface area contributed by atoms with Gasteiger partial charge in [0.2, 0.25) is 5.91 Å². The highest BCUT2D eigenvalue weighted by atomic mass is 35.5. The molecule has 31 heavy (non-hydrogen) atoms. The molecule has 1 amide bonds. The Morgan fingerprint density at radius 2 is 1.90 bits per heavy atom. The van der Waals surface area contributed by atoms with E-state index in [1.54, 1.807) is 35.2 Å². The fourth-order valence-electron chi connectivity index (χ4n) is 3.10. The zero-order valence-electron chi connectivity index (χ0n) is 16.5. The molecular formula is C23H19ClN4O2S. The molecule has 0 spiro atoms. The van der Waals surface area contributed by atoms with E-state index >= 15 is 0 Å². The summed E-state index contributed by atoms with van der Waals surface area (Å²) in [4.78, 5) is 34.3. The SMILES string of the molecule is O=C(CSc1nc2ccccc2c(=O)n1Cc1cccnc1)NCc1cccc(Cl)c1. The molecule has 0 atom stereocenters. The molecule has 0 bridgehead atoms. The molecule has 0 radical (unpaired) electrons. The maximum absolute atomic E-state index is 13.1. The van der Waals surface area contributed by atoms with Crippen LogP contribution in [0.15, 0.2) is 83.0 Å². The average molecular weight is 451 g/mol. The number of hydrogen-bond donors (Lipinski definition) is 1. The van der Waals surface area contributed by atoms with Gasteiger partial charge in [0.1, 0.15) is 0 Å². The third-order valence-corrected chi connectivity index (χ3v) is 5.81. The van der Waals surface area contributed by atoms with Crippen molar-refractivity contribution in [3.63, 3.8) is 0 Å². The number of pyridine rings is 1. The highest BCUT2D eigenvalue weighted by Crippen LogP contribution is 2.19. The summed E-state index contributed by atoms with van der Waals surface area (Å²) < 4.78 is 1.59. The summed E-state index contributed by atoms with van der Waals surface area (Å²) in [6.07, 6.45) is 3.40. The Balaban J connectivity index is 1.53. The third kappa shape index (κ3) is 5.31. The predicted octanol–water partition coefficient (Wildman–Crippen LogP) is 3.90. The summed E-state index contributed by atoms with van der Waals surface area (Å²) in [6, 6.07) is 18.3. The van der Waals surface area contributed by atoms with Gasteiger partial charge in [0.05, 0.1) is 23.2 Å². The molecule has 2 aromatic heterocycles. The molecule has 4 aromatic rings. The molecule has 2 aromatic carbocycles. The first-order chi connectivity index (χ1) is 15.1. The average Bonchev–Trinajstić information content (AvgIpc) is 2.79. The number of rotatable bonds is 7. The lowest BCUT2D eigenvalue weighted by Crippen LogP contribution is -2.27. The summed E-state index contributed by atoms with van der Waals surface area (Å²) in [6.45, 7) is 0.713. The number of para-hydroxylation sites is 1. The molecule has 6 nitrogen and oxygen atoms in total. The molecule has 8 heteroatoms. The van der Waals surface area contributed by atoms with Gasteiger partial charge in [-0.15, -0.1) is 0 Å². The number of nitrogens with zero attached hydrogens (tertiary/aromatic N) is 3. The normalized spacial score (nSPS) is 10.9. The van der Waals surface area contributed by atoms with Gasteiger partial charge in [0.15, 0.2) is 5.16 Å². The Morgan fingerprint density at radius 3 is 2.71 bits per heavy atom. The number of thioether (sulfide) groups is 1. The van der Waals surface area contributed by atoms with E-state index in [4.69, 9.17) is 11.6 Å². The molecule has 0 saturated carbocycles. The number of aromatic nitrogens is 3. The summed E-state index contributed by atoms with van der Waals surface area (Å²) in [7, 11) is 0. The second kappa shape index (κ2) is 9.76. The number of carbonyl (C=O) groups excluding carboxylic acids is 1. The molecule has 0 fully saturated rings. The zero-order chi connectivity index (χ0) is 21.6. The van der Waals surface area contributed by atoms with Crippen LogP contribution in [0.2, 0.25) is 5.02 Å². The summed E-state index contributed by atoms with van der Waals surface area (Å²) in [5.74, 6) is -0.0152. The highest BCUT2D eigenvalue weighted by Gasteiger charge is 2.14. The van der Waals surface area contributed by atoms with E-state index in [9.17, 15) is 9.59 Å². The van der Waals surface area contributed by atoms with Crippen molar-refractivity contribution in [3.05, 3.63) is 99.6 Å². The van der Waals surface area contributed by atoms with Crippen molar-refractivity contribution < 1.29 is 4.79 Å². The van der Waals surface area contributed by atoms with Gasteiger partial charge in [-0.2, -0.15) is 0 Å². The van der Waals surface area contributed by atoms with Gasteiger partial charge in [-0.3, -0.25) is 19.1 Å². The standard InChI is InChI=1S/C23H19ClN4O2S/c24-18-7-3-5-16(11-18)13-26-21(29)15-31-23-27-20-9-2-1-8-19(20)22(30)28(23)14-17-6-4-10-25-12-17/h1-12H,13-15H2,(H,26,29). The van der Waals surface area contributed by atoms with E-state index in [2.05, 4.69) is 15.3 Å². The minimum Gasteiger partial charge on any atom is -0.351 e. The van der Waals surface area contributed by atoms with Crippen molar-refractivity contribution >= 4 is 40.2 Å². The molecule has 0 aliphatic rings. The summed E-state index contributed by atoms with van der Waals surface area (Å²) >= 11 is 7.22. The van der Waals surface area contributed by atoms with Gasteiger partial charge in [-0.05, 0) is 41.5 Å². The van der Waals surface area contributed by atoms with Crippen LogP contribution < -0.4 is 10.9 Å². The zero-order valence-corrected chi connectivity index (χ0v) is 18.1. The second-order valence-electron chi connectivity index (χ2n) is 6.86. The largest absolute Gasteiger partial charge is 0.351 e. The van der Waals surface area contributed by atoms with Crippen molar-refractivity contribution in [3.8, 4) is 0 Å². The molecular weight excluding hydrogens is 432 g/mol. The third-order valence-electron chi connectivity index (χ3n) is 4.60. The van der Waals surface area contributed by atoms with Crippen LogP contribution in [0.1, 0.15) is 11.1 Å². The van der Waals surface area contributed by atoms with Crippen molar-refractivity contribution in [1.29, 1.82) is 0 Å². The Labute approximate surface area is 188 Å². The van der Waals surface area contributed by atoms with Crippen LogP contribution >= 0.6 is 23.4 Å². The second-order valence-corrected chi connectivity index (χ2v) is 8.24. The molecule has 1 N–H and O–H groups in total. The lowest BCUT2D eigenvalue weighted by molar-refractivity contribution is -0.118. The van der Waals surface area contributed by atoms with Gasteiger partial charge < -0.3 is 5.32 Å². The molecule has 0 aliphatic carbocycles. The quantitative estimate of drug-likeness (QED) is 0.341. The number of amides is 1. The van der Waals surface area contributed by atoms with Crippen LogP contribution in [-0.4, -0.2) is 26.2 Å². The number of fused-ring (bicyclic) bond motifs is 1. The minimum absolute atomic E-state index is 0.137. The van der Waals surface area contributed by atoms with Gasteiger partial charge in [0.25, 0.3) is 5.56 Å². The molecule has 4 rings (SSSR count). The lowest BCUT2D eigenvalue weighted by Gasteiger charge is -2.13.